The van der Waals surface area contributed by atoms with Crippen LogP contribution in [-0.2, 0) is 11.8 Å². The summed E-state index contributed by atoms with van der Waals surface area (Å²) in [5, 5.41) is 2.64. The Morgan fingerprint density at radius 2 is 1.05 bits per heavy atom. The van der Waals surface area contributed by atoms with E-state index in [0.29, 0.717) is 5.30 Å². The van der Waals surface area contributed by atoms with Gasteiger partial charge in [0.2, 0.25) is 0 Å². The largest absolute Gasteiger partial charge is 0.206 e. The first-order valence-corrected chi connectivity index (χ1v) is 9.49. The van der Waals surface area contributed by atoms with E-state index in [9.17, 15) is 4.39 Å². The third kappa shape index (κ3) is 2.57. The Labute approximate surface area is 129 Å². The van der Waals surface area contributed by atoms with E-state index in [0.717, 1.165) is 10.6 Å². The van der Waals surface area contributed by atoms with E-state index in [1.807, 2.05) is 72.8 Å². The minimum Gasteiger partial charge on any atom is -0.206 e. The Balaban J connectivity index is 2.32. The molecule has 0 amide bonds. The average Bonchev–Trinajstić information content (AvgIpc) is 2.56. The van der Waals surface area contributed by atoms with E-state index in [4.69, 9.17) is 11.8 Å². The predicted molar refractivity (Wildman–Crippen MR) is 92.5 cm³/mol. The van der Waals surface area contributed by atoms with Gasteiger partial charge in [-0.25, -0.2) is 4.39 Å². The van der Waals surface area contributed by atoms with E-state index in [2.05, 4.69) is 0 Å². The summed E-state index contributed by atoms with van der Waals surface area (Å²) in [5.41, 5.74) is 0. The number of halogens is 1. The molecule has 0 atom stereocenters. The molecule has 0 saturated heterocycles. The van der Waals surface area contributed by atoms with Gasteiger partial charge >= 0.3 is 0 Å². The number of rotatable bonds is 3. The molecular weight excluding hydrogens is 298 g/mol. The highest BCUT2D eigenvalue weighted by molar-refractivity contribution is 8.25. The van der Waals surface area contributed by atoms with Crippen LogP contribution in [0.5, 0.6) is 0 Å². The lowest BCUT2D eigenvalue weighted by Gasteiger charge is -2.24. The lowest BCUT2D eigenvalue weighted by molar-refractivity contribution is 0.636. The molecule has 0 unspecified atom stereocenters. The maximum absolute atomic E-state index is 14.4. The van der Waals surface area contributed by atoms with Gasteiger partial charge in [-0.05, 0) is 16.7 Å². The Bertz CT molecular complexity index is 741. The van der Waals surface area contributed by atoms with Crippen LogP contribution >= 0.6 is 6.04 Å². The molecule has 0 aliphatic heterocycles. The van der Waals surface area contributed by atoms with Crippen molar-refractivity contribution < 1.29 is 4.39 Å². The molecule has 0 aliphatic carbocycles. The zero-order valence-corrected chi connectivity index (χ0v) is 13.0. The summed E-state index contributed by atoms with van der Waals surface area (Å²) in [5.74, 6) is -0.228. The summed E-state index contributed by atoms with van der Waals surface area (Å²) < 4.78 is 14.4. The van der Waals surface area contributed by atoms with E-state index >= 15 is 0 Å². The number of benzene rings is 3. The molecular formula is C18H14FPS. The van der Waals surface area contributed by atoms with Crippen LogP contribution in [0.15, 0.2) is 84.9 Å². The molecule has 0 heterocycles. The maximum atomic E-state index is 14.4. The molecule has 0 nitrogen and oxygen atoms in total. The third-order valence-electron chi connectivity index (χ3n) is 3.43. The molecule has 0 spiro atoms. The molecule has 3 aromatic carbocycles. The summed E-state index contributed by atoms with van der Waals surface area (Å²) >= 11 is 6.06. The van der Waals surface area contributed by atoms with E-state index in [1.54, 1.807) is 6.07 Å². The molecule has 3 heteroatoms. The Hall–Kier alpha value is -1.76. The van der Waals surface area contributed by atoms with Gasteiger partial charge < -0.3 is 0 Å². The van der Waals surface area contributed by atoms with E-state index < -0.39 is 6.04 Å². The highest BCUT2D eigenvalue weighted by Crippen LogP contribution is 2.43. The van der Waals surface area contributed by atoms with Crippen molar-refractivity contribution in [1.29, 1.82) is 0 Å². The van der Waals surface area contributed by atoms with Gasteiger partial charge in [-0.15, -0.1) is 0 Å². The van der Waals surface area contributed by atoms with Gasteiger partial charge in [0.05, 0.1) is 0 Å². The first-order chi connectivity index (χ1) is 10.2. The summed E-state index contributed by atoms with van der Waals surface area (Å²) in [4.78, 5) is 0. The van der Waals surface area contributed by atoms with Crippen LogP contribution in [0.25, 0.3) is 0 Å². The maximum Gasteiger partial charge on any atom is 0.132 e. The second-order valence-corrected chi connectivity index (χ2v) is 9.11. The first kappa shape index (κ1) is 14.2. The highest BCUT2D eigenvalue weighted by atomic mass is 32.4. The Morgan fingerprint density at radius 1 is 0.619 bits per heavy atom. The summed E-state index contributed by atoms with van der Waals surface area (Å²) in [6.07, 6.45) is 0. The normalized spacial score (nSPS) is 11.3. The van der Waals surface area contributed by atoms with Gasteiger partial charge in [-0.1, -0.05) is 90.7 Å². The standard InChI is InChI=1S/C18H14FPS/c19-17-13-7-8-14-18(17)20(21,15-9-3-1-4-10-15)16-11-5-2-6-12-16/h1-14H. The molecule has 3 rings (SSSR count). The summed E-state index contributed by atoms with van der Waals surface area (Å²) in [6.45, 7) is 0. The van der Waals surface area contributed by atoms with Crippen LogP contribution in [0.2, 0.25) is 0 Å². The monoisotopic (exact) mass is 312 g/mol. The minimum atomic E-state index is -2.36. The van der Waals surface area contributed by atoms with Crippen molar-refractivity contribution in [2.45, 2.75) is 0 Å². The molecule has 0 aromatic heterocycles. The van der Waals surface area contributed by atoms with Gasteiger partial charge in [-0.3, -0.25) is 0 Å². The molecule has 21 heavy (non-hydrogen) atoms. The fraction of sp³-hybridized carbons (Fsp3) is 0. The smallest absolute Gasteiger partial charge is 0.132 e. The van der Waals surface area contributed by atoms with Crippen LogP contribution < -0.4 is 15.9 Å². The highest BCUT2D eigenvalue weighted by Gasteiger charge is 2.26. The zero-order valence-electron chi connectivity index (χ0n) is 11.3. The third-order valence-corrected chi connectivity index (χ3v) is 8.38. The second kappa shape index (κ2) is 5.93. The predicted octanol–water partition coefficient (Wildman–Crippen LogP) is 3.58. The minimum absolute atomic E-state index is 0.228. The summed E-state index contributed by atoms with van der Waals surface area (Å²) in [6, 6.07) is 24.2. The molecule has 0 N–H and O–H groups in total. The van der Waals surface area contributed by atoms with Crippen LogP contribution in [0.4, 0.5) is 4.39 Å². The SMILES string of the molecule is Fc1ccccc1P(=S)(c1ccccc1)c1ccccc1. The topological polar surface area (TPSA) is 0 Å². The van der Waals surface area contributed by atoms with Crippen molar-refractivity contribution in [2.24, 2.45) is 0 Å². The van der Waals surface area contributed by atoms with Crippen LogP contribution in [0, 0.1) is 5.82 Å². The van der Waals surface area contributed by atoms with Crippen molar-refractivity contribution in [3.63, 3.8) is 0 Å². The first-order valence-electron chi connectivity index (χ1n) is 6.69. The van der Waals surface area contributed by atoms with Gasteiger partial charge in [0.1, 0.15) is 5.82 Å². The van der Waals surface area contributed by atoms with Crippen molar-refractivity contribution >= 4 is 33.8 Å². The molecule has 0 saturated carbocycles. The van der Waals surface area contributed by atoms with Gasteiger partial charge in [0, 0.05) is 11.3 Å². The molecule has 0 radical (unpaired) electrons. The number of hydrogen-bond donors (Lipinski definition) is 0. The molecule has 0 fully saturated rings. The molecule has 0 bridgehead atoms. The second-order valence-electron chi connectivity index (χ2n) is 4.73. The van der Waals surface area contributed by atoms with Crippen molar-refractivity contribution in [2.75, 3.05) is 0 Å². The van der Waals surface area contributed by atoms with Crippen molar-refractivity contribution in [3.8, 4) is 0 Å². The Kier molecular flexibility index (Phi) is 4.01. The van der Waals surface area contributed by atoms with Crippen LogP contribution in [-0.4, -0.2) is 0 Å². The number of hydrogen-bond acceptors (Lipinski definition) is 1. The zero-order chi connectivity index (χ0) is 14.7. The average molecular weight is 312 g/mol. The Morgan fingerprint density at radius 3 is 1.52 bits per heavy atom. The lowest BCUT2D eigenvalue weighted by atomic mass is 10.3. The van der Waals surface area contributed by atoms with E-state index in [1.165, 1.54) is 6.07 Å². The molecule has 0 aliphatic rings. The van der Waals surface area contributed by atoms with Crippen molar-refractivity contribution in [1.82, 2.24) is 0 Å². The molecule has 3 aromatic rings. The van der Waals surface area contributed by atoms with Crippen LogP contribution in [0.1, 0.15) is 0 Å². The quantitative estimate of drug-likeness (QED) is 0.666. The van der Waals surface area contributed by atoms with Crippen molar-refractivity contribution in [3.05, 3.63) is 90.7 Å². The molecule has 104 valence electrons. The van der Waals surface area contributed by atoms with Gasteiger partial charge in [0.25, 0.3) is 0 Å². The fourth-order valence-electron chi connectivity index (χ4n) is 2.41. The summed E-state index contributed by atoms with van der Waals surface area (Å²) in [7, 11) is 0. The van der Waals surface area contributed by atoms with E-state index in [-0.39, 0.29) is 5.82 Å². The van der Waals surface area contributed by atoms with Crippen LogP contribution in [0.3, 0.4) is 0 Å². The van der Waals surface area contributed by atoms with Gasteiger partial charge in [-0.2, -0.15) is 0 Å². The lowest BCUT2D eigenvalue weighted by Crippen LogP contribution is -2.26. The van der Waals surface area contributed by atoms with Gasteiger partial charge in [0.15, 0.2) is 0 Å². The fourth-order valence-corrected chi connectivity index (χ4v) is 6.29.